The summed E-state index contributed by atoms with van der Waals surface area (Å²) in [4.78, 5) is 7.04. The molecule has 2 aliphatic rings. The lowest BCUT2D eigenvalue weighted by Gasteiger charge is -2.43. The Bertz CT molecular complexity index is 499. The lowest BCUT2D eigenvalue weighted by atomic mass is 9.84. The third-order valence-corrected chi connectivity index (χ3v) is 5.07. The molecule has 0 spiro atoms. The summed E-state index contributed by atoms with van der Waals surface area (Å²) in [5.41, 5.74) is 8.90. The highest BCUT2D eigenvalue weighted by Crippen LogP contribution is 2.41. The van der Waals surface area contributed by atoms with Gasteiger partial charge in [-0.25, -0.2) is 0 Å². The molecule has 3 rings (SSSR count). The second-order valence-corrected chi connectivity index (χ2v) is 6.23. The molecule has 0 bridgehead atoms. The van der Waals surface area contributed by atoms with Gasteiger partial charge in [0.2, 0.25) is 0 Å². The molecule has 1 unspecified atom stereocenters. The van der Waals surface area contributed by atoms with E-state index in [2.05, 4.69) is 48.0 Å². The Kier molecular flexibility index (Phi) is 3.45. The van der Waals surface area contributed by atoms with Crippen LogP contribution < -0.4 is 5.73 Å². The van der Waals surface area contributed by atoms with Crippen molar-refractivity contribution in [3.05, 3.63) is 35.4 Å². The first kappa shape index (κ1) is 13.5. The largest absolute Gasteiger partial charge is 0.370 e. The van der Waals surface area contributed by atoms with E-state index in [0.29, 0.717) is 6.04 Å². The monoisotopic (exact) mass is 271 g/mol. The van der Waals surface area contributed by atoms with E-state index in [9.17, 15) is 0 Å². The zero-order valence-electron chi connectivity index (χ0n) is 12.6. The number of nitrogens with two attached hydrogens (primary N) is 1. The minimum Gasteiger partial charge on any atom is -0.370 e. The molecule has 0 radical (unpaired) electrons. The summed E-state index contributed by atoms with van der Waals surface area (Å²) in [6.07, 6.45) is 6.20. The Morgan fingerprint density at radius 3 is 2.50 bits per heavy atom. The maximum absolute atomic E-state index is 6.25. The highest BCUT2D eigenvalue weighted by molar-refractivity contribution is 5.81. The minimum atomic E-state index is -0.0210. The van der Waals surface area contributed by atoms with Gasteiger partial charge in [-0.3, -0.25) is 4.99 Å². The van der Waals surface area contributed by atoms with Crippen LogP contribution in [0.25, 0.3) is 0 Å². The Morgan fingerprint density at radius 2 is 1.90 bits per heavy atom. The van der Waals surface area contributed by atoms with E-state index in [-0.39, 0.29) is 5.54 Å². The van der Waals surface area contributed by atoms with Gasteiger partial charge < -0.3 is 10.6 Å². The second-order valence-electron chi connectivity index (χ2n) is 6.23. The molecule has 1 atom stereocenters. The zero-order valence-corrected chi connectivity index (χ0v) is 12.6. The highest BCUT2D eigenvalue weighted by Gasteiger charge is 2.45. The van der Waals surface area contributed by atoms with Crippen molar-refractivity contribution in [1.82, 2.24) is 4.90 Å². The van der Waals surface area contributed by atoms with Crippen LogP contribution in [-0.2, 0) is 5.54 Å². The molecule has 3 heteroatoms. The van der Waals surface area contributed by atoms with Gasteiger partial charge >= 0.3 is 0 Å². The molecule has 108 valence electrons. The molecular formula is C17H25N3. The number of rotatable bonds is 3. The molecule has 3 nitrogen and oxygen atoms in total. The summed E-state index contributed by atoms with van der Waals surface area (Å²) in [6, 6.07) is 9.49. The Morgan fingerprint density at radius 1 is 1.25 bits per heavy atom. The second kappa shape index (κ2) is 5.12. The normalized spacial score (nSPS) is 27.1. The molecular weight excluding hydrogens is 246 g/mol. The van der Waals surface area contributed by atoms with E-state index in [0.717, 1.165) is 18.9 Å². The van der Waals surface area contributed by atoms with Crippen LogP contribution in [0.4, 0.5) is 0 Å². The van der Waals surface area contributed by atoms with Crippen LogP contribution in [0.5, 0.6) is 0 Å². The number of guanidine groups is 1. The fraction of sp³-hybridized carbons (Fsp3) is 0.588. The number of aliphatic imine (C=N–C) groups is 1. The molecule has 1 fully saturated rings. The third kappa shape index (κ3) is 2.00. The van der Waals surface area contributed by atoms with Gasteiger partial charge in [0.25, 0.3) is 0 Å². The standard InChI is InChI=1S/C17H25N3/c1-3-17(14-10-8-13(2)9-11-14)12-19-16(18)20(17)15-6-4-5-7-15/h8-11,15H,3-7,12H2,1-2H3,(H2,18,19). The molecule has 20 heavy (non-hydrogen) atoms. The van der Waals surface area contributed by atoms with Gasteiger partial charge in [-0.2, -0.15) is 0 Å². The SMILES string of the molecule is CCC1(c2ccc(C)cc2)CN=C(N)N1C1CCCC1. The van der Waals surface area contributed by atoms with Gasteiger partial charge in [0.15, 0.2) is 5.96 Å². The first-order chi connectivity index (χ1) is 9.67. The van der Waals surface area contributed by atoms with Gasteiger partial charge in [-0.05, 0) is 31.7 Å². The van der Waals surface area contributed by atoms with E-state index in [4.69, 9.17) is 5.73 Å². The maximum Gasteiger partial charge on any atom is 0.192 e. The average molecular weight is 271 g/mol. The summed E-state index contributed by atoms with van der Waals surface area (Å²) in [6.45, 7) is 5.20. The van der Waals surface area contributed by atoms with Crippen LogP contribution in [0, 0.1) is 6.92 Å². The molecule has 1 aliphatic carbocycles. The maximum atomic E-state index is 6.25. The van der Waals surface area contributed by atoms with E-state index >= 15 is 0 Å². The fourth-order valence-corrected chi connectivity index (χ4v) is 3.86. The molecule has 1 aliphatic heterocycles. The van der Waals surface area contributed by atoms with E-state index < -0.39 is 0 Å². The van der Waals surface area contributed by atoms with Gasteiger partial charge in [-0.15, -0.1) is 0 Å². The van der Waals surface area contributed by atoms with Crippen molar-refractivity contribution in [3.8, 4) is 0 Å². The minimum absolute atomic E-state index is 0.0210. The van der Waals surface area contributed by atoms with Crippen molar-refractivity contribution in [1.29, 1.82) is 0 Å². The van der Waals surface area contributed by atoms with Crippen molar-refractivity contribution < 1.29 is 0 Å². The van der Waals surface area contributed by atoms with Crippen LogP contribution in [0.3, 0.4) is 0 Å². The van der Waals surface area contributed by atoms with Crippen molar-refractivity contribution in [2.75, 3.05) is 6.54 Å². The average Bonchev–Trinajstić information content (AvgIpc) is 3.07. The summed E-state index contributed by atoms with van der Waals surface area (Å²) in [7, 11) is 0. The summed E-state index contributed by atoms with van der Waals surface area (Å²) >= 11 is 0. The van der Waals surface area contributed by atoms with Crippen LogP contribution in [0.15, 0.2) is 29.3 Å². The smallest absolute Gasteiger partial charge is 0.192 e. The molecule has 1 aromatic rings. The van der Waals surface area contributed by atoms with Crippen molar-refractivity contribution >= 4 is 5.96 Å². The number of hydrogen-bond donors (Lipinski definition) is 1. The Hall–Kier alpha value is -1.51. The van der Waals surface area contributed by atoms with Gasteiger partial charge in [0, 0.05) is 6.04 Å². The predicted molar refractivity (Wildman–Crippen MR) is 83.7 cm³/mol. The summed E-state index contributed by atoms with van der Waals surface area (Å²) < 4.78 is 0. The van der Waals surface area contributed by atoms with E-state index in [1.807, 2.05) is 0 Å². The van der Waals surface area contributed by atoms with Gasteiger partial charge in [-0.1, -0.05) is 49.6 Å². The van der Waals surface area contributed by atoms with Crippen molar-refractivity contribution in [2.45, 2.75) is 57.5 Å². The van der Waals surface area contributed by atoms with Crippen LogP contribution >= 0.6 is 0 Å². The molecule has 1 heterocycles. The Balaban J connectivity index is 2.00. The quantitative estimate of drug-likeness (QED) is 0.917. The lowest BCUT2D eigenvalue weighted by Crippen LogP contribution is -2.53. The Labute approximate surface area is 121 Å². The summed E-state index contributed by atoms with van der Waals surface area (Å²) in [5, 5.41) is 0. The predicted octanol–water partition coefficient (Wildman–Crippen LogP) is 3.17. The summed E-state index contributed by atoms with van der Waals surface area (Å²) in [5.74, 6) is 0.749. The van der Waals surface area contributed by atoms with Gasteiger partial charge in [0.05, 0.1) is 12.1 Å². The molecule has 1 aromatic carbocycles. The van der Waals surface area contributed by atoms with Crippen molar-refractivity contribution in [3.63, 3.8) is 0 Å². The number of hydrogen-bond acceptors (Lipinski definition) is 3. The topological polar surface area (TPSA) is 41.6 Å². The number of benzene rings is 1. The molecule has 0 aromatic heterocycles. The zero-order chi connectivity index (χ0) is 14.2. The first-order valence-electron chi connectivity index (χ1n) is 7.84. The van der Waals surface area contributed by atoms with Crippen LogP contribution in [-0.4, -0.2) is 23.4 Å². The molecule has 0 amide bonds. The van der Waals surface area contributed by atoms with E-state index in [1.54, 1.807) is 0 Å². The van der Waals surface area contributed by atoms with E-state index in [1.165, 1.54) is 36.8 Å². The first-order valence-corrected chi connectivity index (χ1v) is 7.84. The van der Waals surface area contributed by atoms with Gasteiger partial charge in [0.1, 0.15) is 0 Å². The molecule has 0 saturated heterocycles. The van der Waals surface area contributed by atoms with Crippen molar-refractivity contribution in [2.24, 2.45) is 10.7 Å². The third-order valence-electron chi connectivity index (χ3n) is 5.07. The van der Waals surface area contributed by atoms with Crippen LogP contribution in [0.2, 0.25) is 0 Å². The van der Waals surface area contributed by atoms with Crippen LogP contribution in [0.1, 0.15) is 50.2 Å². The number of nitrogens with zero attached hydrogens (tertiary/aromatic N) is 2. The lowest BCUT2D eigenvalue weighted by molar-refractivity contribution is 0.143. The number of aryl methyl sites for hydroxylation is 1. The highest BCUT2D eigenvalue weighted by atomic mass is 15.4. The molecule has 1 saturated carbocycles. The molecule has 2 N–H and O–H groups in total. The fourth-order valence-electron chi connectivity index (χ4n) is 3.86.